The summed E-state index contributed by atoms with van der Waals surface area (Å²) < 4.78 is 8.33. The molecule has 1 saturated carbocycles. The summed E-state index contributed by atoms with van der Waals surface area (Å²) in [7, 11) is 1.58. The monoisotopic (exact) mass is 507 g/mol. The molecule has 5 rings (SSSR count). The summed E-state index contributed by atoms with van der Waals surface area (Å²) in [4.78, 5) is 40.0. The van der Waals surface area contributed by atoms with Crippen molar-refractivity contribution in [2.45, 2.75) is 44.3 Å². The van der Waals surface area contributed by atoms with Gasteiger partial charge in [-0.15, -0.1) is 0 Å². The van der Waals surface area contributed by atoms with Crippen LogP contribution in [0.3, 0.4) is 0 Å². The van der Waals surface area contributed by atoms with Gasteiger partial charge in [-0.05, 0) is 68.4 Å². The van der Waals surface area contributed by atoms with Crippen molar-refractivity contribution in [3.05, 3.63) is 64.6 Å². The summed E-state index contributed by atoms with van der Waals surface area (Å²) >= 11 is 0. The van der Waals surface area contributed by atoms with Gasteiger partial charge in [0, 0.05) is 25.7 Å². The van der Waals surface area contributed by atoms with Gasteiger partial charge in [-0.25, -0.2) is 19.0 Å². The highest BCUT2D eigenvalue weighted by molar-refractivity contribution is 5.89. The van der Waals surface area contributed by atoms with Crippen LogP contribution in [0.15, 0.2) is 53.3 Å². The molecule has 0 radical (unpaired) electrons. The Morgan fingerprint density at radius 1 is 1.05 bits per heavy atom. The topological polar surface area (TPSA) is 118 Å². The van der Waals surface area contributed by atoms with Crippen molar-refractivity contribution >= 4 is 23.2 Å². The van der Waals surface area contributed by atoms with Crippen LogP contribution >= 0.6 is 0 Å². The number of carbonyl (C=O) groups is 2. The number of para-hydroxylation sites is 2. The van der Waals surface area contributed by atoms with E-state index in [4.69, 9.17) is 4.74 Å². The normalized spacial score (nSPS) is 18.3. The first kappa shape index (κ1) is 24.9. The smallest absolute Gasteiger partial charge is 0.406 e. The zero-order valence-electron chi connectivity index (χ0n) is 21.1. The minimum absolute atomic E-state index is 0.175. The van der Waals surface area contributed by atoms with Crippen LogP contribution in [-0.2, 0) is 5.66 Å². The number of likely N-dealkylation sites (tertiary alicyclic amines) is 1. The Balaban J connectivity index is 1.26. The van der Waals surface area contributed by atoms with Crippen LogP contribution in [0.25, 0.3) is 11.0 Å². The Labute approximate surface area is 214 Å². The number of benzene rings is 2. The minimum Gasteiger partial charge on any atom is -0.497 e. The first-order chi connectivity index (χ1) is 17.8. The van der Waals surface area contributed by atoms with Crippen LogP contribution in [0, 0.1) is 5.92 Å². The van der Waals surface area contributed by atoms with Crippen molar-refractivity contribution in [3.63, 3.8) is 0 Å². The van der Waals surface area contributed by atoms with E-state index in [1.807, 2.05) is 55.5 Å². The average Bonchev–Trinajstić information content (AvgIpc) is 3.69. The minimum atomic E-state index is -1.10. The molecule has 0 bridgehead atoms. The molecule has 2 amide bonds. The van der Waals surface area contributed by atoms with Gasteiger partial charge in [0.25, 0.3) is 0 Å². The van der Waals surface area contributed by atoms with Gasteiger partial charge in [0.15, 0.2) is 0 Å². The fourth-order valence-corrected chi connectivity index (χ4v) is 5.42. The second-order valence-electron chi connectivity index (χ2n) is 10.1. The standard InChI is InChI=1S/C27H33N5O5/c1-27(29-25(34)35,19-6-5-7-21(16-19)37-2)30-14-12-18(13-15-30)17-28-24(33)32-23-9-4-3-8-22(23)31(26(32)36)20-10-11-20/h3-9,16,18,20,29H,10-15,17H2,1-2H3,(H,28,33)(H,34,35). The maximum absolute atomic E-state index is 13.1. The number of carbonyl (C=O) groups excluding carboxylic acids is 1. The number of piperidine rings is 1. The van der Waals surface area contributed by atoms with Crippen molar-refractivity contribution in [1.82, 2.24) is 24.7 Å². The van der Waals surface area contributed by atoms with Gasteiger partial charge in [0.2, 0.25) is 0 Å². The largest absolute Gasteiger partial charge is 0.497 e. The van der Waals surface area contributed by atoms with Crippen LogP contribution in [0.5, 0.6) is 5.75 Å². The van der Waals surface area contributed by atoms with Crippen molar-refractivity contribution in [2.75, 3.05) is 26.7 Å². The van der Waals surface area contributed by atoms with Crippen LogP contribution in [0.4, 0.5) is 9.59 Å². The van der Waals surface area contributed by atoms with Gasteiger partial charge in [0.1, 0.15) is 11.4 Å². The van der Waals surface area contributed by atoms with Crippen molar-refractivity contribution in [1.29, 1.82) is 0 Å². The third-order valence-corrected chi connectivity index (χ3v) is 7.67. The molecule has 1 aromatic heterocycles. The Morgan fingerprint density at radius 2 is 1.76 bits per heavy atom. The fourth-order valence-electron chi connectivity index (χ4n) is 5.42. The number of ether oxygens (including phenoxy) is 1. The van der Waals surface area contributed by atoms with E-state index in [0.29, 0.717) is 30.9 Å². The van der Waals surface area contributed by atoms with Gasteiger partial charge < -0.3 is 15.2 Å². The van der Waals surface area contributed by atoms with E-state index >= 15 is 0 Å². The number of hydrogen-bond donors (Lipinski definition) is 3. The zero-order chi connectivity index (χ0) is 26.2. The molecule has 2 heterocycles. The Bertz CT molecular complexity index is 1370. The number of hydrogen-bond acceptors (Lipinski definition) is 5. The lowest BCUT2D eigenvalue weighted by atomic mass is 9.91. The molecular formula is C27H33N5O5. The second kappa shape index (κ2) is 9.93. The summed E-state index contributed by atoms with van der Waals surface area (Å²) in [5, 5.41) is 15.2. The maximum Gasteiger partial charge on any atom is 0.406 e. The third-order valence-electron chi connectivity index (χ3n) is 7.67. The van der Waals surface area contributed by atoms with E-state index in [1.165, 1.54) is 4.57 Å². The van der Waals surface area contributed by atoms with E-state index in [1.54, 1.807) is 11.7 Å². The number of imidazole rings is 1. The van der Waals surface area contributed by atoms with Gasteiger partial charge in [-0.1, -0.05) is 24.3 Å². The van der Waals surface area contributed by atoms with E-state index in [0.717, 1.165) is 36.8 Å². The van der Waals surface area contributed by atoms with E-state index in [-0.39, 0.29) is 17.6 Å². The molecule has 3 N–H and O–H groups in total. The molecule has 196 valence electrons. The maximum atomic E-state index is 13.1. The lowest BCUT2D eigenvalue weighted by molar-refractivity contribution is 0.0347. The molecule has 10 heteroatoms. The van der Waals surface area contributed by atoms with E-state index < -0.39 is 17.8 Å². The fraction of sp³-hybridized carbons (Fsp3) is 0.444. The molecule has 2 aliphatic rings. The molecule has 10 nitrogen and oxygen atoms in total. The summed E-state index contributed by atoms with van der Waals surface area (Å²) in [6.45, 7) is 3.61. The number of rotatable bonds is 7. The van der Waals surface area contributed by atoms with Crippen LogP contribution in [-0.4, -0.2) is 58.0 Å². The number of amides is 2. The predicted octanol–water partition coefficient (Wildman–Crippen LogP) is 3.56. The van der Waals surface area contributed by atoms with Crippen LogP contribution in [0.1, 0.15) is 44.2 Å². The Morgan fingerprint density at radius 3 is 2.41 bits per heavy atom. The quantitative estimate of drug-likeness (QED) is 0.450. The summed E-state index contributed by atoms with van der Waals surface area (Å²) in [5.41, 5.74) is 1.01. The van der Waals surface area contributed by atoms with E-state index in [9.17, 15) is 19.5 Å². The Kier molecular flexibility index (Phi) is 6.68. The highest BCUT2D eigenvalue weighted by atomic mass is 16.5. The molecule has 1 aliphatic carbocycles. The average molecular weight is 508 g/mol. The molecule has 37 heavy (non-hydrogen) atoms. The Hall–Kier alpha value is -3.79. The molecule has 3 aromatic rings. The molecule has 1 aliphatic heterocycles. The highest BCUT2D eigenvalue weighted by Crippen LogP contribution is 2.36. The SMILES string of the molecule is COc1cccc(C(C)(NC(=O)O)N2CCC(CNC(=O)n3c(=O)n(C4CC4)c4ccccc43)CC2)c1. The third kappa shape index (κ3) is 4.81. The molecule has 0 spiro atoms. The molecular weight excluding hydrogens is 474 g/mol. The summed E-state index contributed by atoms with van der Waals surface area (Å²) in [5.74, 6) is 0.874. The van der Waals surface area contributed by atoms with E-state index in [2.05, 4.69) is 15.5 Å². The van der Waals surface area contributed by atoms with Gasteiger partial charge in [-0.3, -0.25) is 14.8 Å². The molecule has 1 atom stereocenters. The number of aromatic nitrogens is 2. The highest BCUT2D eigenvalue weighted by Gasteiger charge is 2.38. The number of nitrogens with one attached hydrogen (secondary N) is 2. The number of methoxy groups -OCH3 is 1. The molecule has 1 unspecified atom stereocenters. The first-order valence-electron chi connectivity index (χ1n) is 12.7. The van der Waals surface area contributed by atoms with Crippen molar-refractivity contribution < 1.29 is 19.4 Å². The van der Waals surface area contributed by atoms with Crippen molar-refractivity contribution in [3.8, 4) is 5.75 Å². The predicted molar refractivity (Wildman–Crippen MR) is 139 cm³/mol. The summed E-state index contributed by atoms with van der Waals surface area (Å²) in [6, 6.07) is 14.6. The van der Waals surface area contributed by atoms with Crippen LogP contribution < -0.4 is 21.1 Å². The first-order valence-corrected chi connectivity index (χ1v) is 12.7. The van der Waals surface area contributed by atoms with Gasteiger partial charge in [0.05, 0.1) is 18.1 Å². The number of fused-ring (bicyclic) bond motifs is 1. The van der Waals surface area contributed by atoms with Gasteiger partial charge >= 0.3 is 17.8 Å². The van der Waals surface area contributed by atoms with Crippen LogP contribution in [0.2, 0.25) is 0 Å². The van der Waals surface area contributed by atoms with Crippen molar-refractivity contribution in [2.24, 2.45) is 5.92 Å². The zero-order valence-corrected chi connectivity index (χ0v) is 21.1. The number of nitrogens with zero attached hydrogens (tertiary/aromatic N) is 3. The van der Waals surface area contributed by atoms with Gasteiger partial charge in [-0.2, -0.15) is 0 Å². The second-order valence-corrected chi connectivity index (χ2v) is 10.1. The molecule has 1 saturated heterocycles. The molecule has 2 aromatic carbocycles. The lowest BCUT2D eigenvalue weighted by Gasteiger charge is -2.45. The summed E-state index contributed by atoms with van der Waals surface area (Å²) in [6.07, 6.45) is 2.37. The lowest BCUT2D eigenvalue weighted by Crippen LogP contribution is -2.58. The number of carboxylic acid groups (broad SMARTS) is 1. The molecule has 2 fully saturated rings.